The van der Waals surface area contributed by atoms with E-state index in [0.717, 1.165) is 0 Å². The number of hydrogen-bond acceptors (Lipinski definition) is 5. The molecule has 1 unspecified atom stereocenters. The number of aliphatic carboxylic acids is 1. The van der Waals surface area contributed by atoms with E-state index in [1.807, 2.05) is 20.8 Å². The first-order valence-electron chi connectivity index (χ1n) is 8.42. The Morgan fingerprint density at radius 3 is 2.25 bits per heavy atom. The zero-order chi connectivity index (χ0) is 21.1. The summed E-state index contributed by atoms with van der Waals surface area (Å²) in [7, 11) is 0. The molecule has 1 heterocycles. The van der Waals surface area contributed by atoms with Gasteiger partial charge in [-0.05, 0) is 30.4 Å². The molecule has 7 nitrogen and oxygen atoms in total. The molecule has 0 aliphatic rings. The van der Waals surface area contributed by atoms with Gasteiger partial charge in [0.25, 0.3) is 5.91 Å². The van der Waals surface area contributed by atoms with Crippen molar-refractivity contribution in [3.63, 3.8) is 0 Å². The summed E-state index contributed by atoms with van der Waals surface area (Å²) in [5.41, 5.74) is 0.295. The van der Waals surface area contributed by atoms with E-state index in [-0.39, 0.29) is 28.8 Å². The molecule has 2 N–H and O–H groups in total. The molecule has 1 atom stereocenters. The van der Waals surface area contributed by atoms with E-state index in [9.17, 15) is 27.9 Å². The van der Waals surface area contributed by atoms with Crippen LogP contribution >= 0.6 is 0 Å². The number of rotatable bonds is 6. The third-order valence-corrected chi connectivity index (χ3v) is 3.86. The fraction of sp³-hybridized carbons (Fsp3) is 0.444. The Hall–Kier alpha value is -2.91. The smallest absolute Gasteiger partial charge is 0.471 e. The Labute approximate surface area is 158 Å². The molecule has 10 heteroatoms. The van der Waals surface area contributed by atoms with Crippen LogP contribution < -0.4 is 5.32 Å². The lowest BCUT2D eigenvalue weighted by molar-refractivity contribution is -0.159. The highest BCUT2D eigenvalue weighted by Gasteiger charge is 2.38. The number of amides is 1. The lowest BCUT2D eigenvalue weighted by Crippen LogP contribution is -2.41. The molecule has 0 bridgehead atoms. The lowest BCUT2D eigenvalue weighted by atomic mass is 9.88. The summed E-state index contributed by atoms with van der Waals surface area (Å²) in [5.74, 6) is -3.47. The van der Waals surface area contributed by atoms with Gasteiger partial charge in [-0.2, -0.15) is 18.2 Å². The molecule has 2 rings (SSSR count). The number of hydrogen-bond donors (Lipinski definition) is 2. The molecular formula is C18H20F3N3O4. The van der Waals surface area contributed by atoms with Crippen molar-refractivity contribution in [2.24, 2.45) is 5.41 Å². The van der Waals surface area contributed by atoms with Gasteiger partial charge in [0.15, 0.2) is 0 Å². The van der Waals surface area contributed by atoms with Crippen LogP contribution in [-0.2, 0) is 11.0 Å². The highest BCUT2D eigenvalue weighted by Crippen LogP contribution is 2.29. The summed E-state index contributed by atoms with van der Waals surface area (Å²) in [5, 5.41) is 15.0. The number of carbonyl (C=O) groups is 2. The number of alkyl halides is 3. The monoisotopic (exact) mass is 399 g/mol. The van der Waals surface area contributed by atoms with Crippen molar-refractivity contribution >= 4 is 11.9 Å². The van der Waals surface area contributed by atoms with Crippen LogP contribution in [-0.4, -0.2) is 33.2 Å². The van der Waals surface area contributed by atoms with Crippen LogP contribution in [0.5, 0.6) is 0 Å². The fourth-order valence-corrected chi connectivity index (χ4v) is 2.30. The molecule has 1 aromatic carbocycles. The van der Waals surface area contributed by atoms with E-state index in [2.05, 4.69) is 20.0 Å². The van der Waals surface area contributed by atoms with Gasteiger partial charge < -0.3 is 14.9 Å². The number of carboxylic acids is 1. The van der Waals surface area contributed by atoms with Gasteiger partial charge in [0, 0.05) is 11.1 Å². The highest BCUT2D eigenvalue weighted by molar-refractivity contribution is 5.96. The van der Waals surface area contributed by atoms with Gasteiger partial charge in [-0.25, -0.2) is 4.79 Å². The molecule has 1 aromatic heterocycles. The Kier molecular flexibility index (Phi) is 6.10. The average molecular weight is 399 g/mol. The molecule has 152 valence electrons. The van der Waals surface area contributed by atoms with E-state index in [4.69, 9.17) is 0 Å². The maximum atomic E-state index is 12.5. The van der Waals surface area contributed by atoms with Gasteiger partial charge in [-0.3, -0.25) is 4.79 Å². The number of nitrogens with one attached hydrogen (secondary N) is 1. The minimum absolute atomic E-state index is 0.0834. The van der Waals surface area contributed by atoms with Crippen molar-refractivity contribution in [2.75, 3.05) is 0 Å². The standard InChI is InChI=1S/C18H20F3N3O4/c1-17(2,3)9-8-12(15(26)27)22-14(25)11-6-4-10(5-7-11)13-23-16(28-24-13)18(19,20)21/h4-7,12H,8-9H2,1-3H3,(H,22,25)(H,26,27). The quantitative estimate of drug-likeness (QED) is 0.766. The second-order valence-corrected chi connectivity index (χ2v) is 7.46. The number of halogens is 3. The largest absolute Gasteiger partial charge is 0.480 e. The molecule has 1 amide bonds. The van der Waals surface area contributed by atoms with E-state index in [0.29, 0.717) is 6.42 Å². The maximum Gasteiger partial charge on any atom is 0.471 e. The first-order valence-corrected chi connectivity index (χ1v) is 8.42. The third-order valence-electron chi connectivity index (χ3n) is 3.86. The summed E-state index contributed by atoms with van der Waals surface area (Å²) >= 11 is 0. The second-order valence-electron chi connectivity index (χ2n) is 7.46. The number of carbonyl (C=O) groups excluding carboxylic acids is 1. The van der Waals surface area contributed by atoms with Gasteiger partial charge in [0.1, 0.15) is 6.04 Å². The first kappa shape index (κ1) is 21.4. The summed E-state index contributed by atoms with van der Waals surface area (Å²) in [6.45, 7) is 5.90. The van der Waals surface area contributed by atoms with Crippen LogP contribution in [0.15, 0.2) is 28.8 Å². The number of aromatic nitrogens is 2. The van der Waals surface area contributed by atoms with Crippen LogP contribution in [0.3, 0.4) is 0 Å². The molecule has 0 fully saturated rings. The average Bonchev–Trinajstić information content (AvgIpc) is 3.08. The summed E-state index contributed by atoms with van der Waals surface area (Å²) in [4.78, 5) is 26.9. The third kappa shape index (κ3) is 5.80. The van der Waals surface area contributed by atoms with Crippen LogP contribution in [0.1, 0.15) is 49.9 Å². The molecule has 0 saturated heterocycles. The molecule has 2 aromatic rings. The van der Waals surface area contributed by atoms with E-state index >= 15 is 0 Å². The molecule has 0 spiro atoms. The van der Waals surface area contributed by atoms with Gasteiger partial charge in [-0.15, -0.1) is 0 Å². The summed E-state index contributed by atoms with van der Waals surface area (Å²) in [6, 6.07) is 4.35. The Morgan fingerprint density at radius 2 is 1.79 bits per heavy atom. The SMILES string of the molecule is CC(C)(C)CCC(NC(=O)c1ccc(-c2noc(C(F)(F)F)n2)cc1)C(=O)O. The van der Waals surface area contributed by atoms with Crippen molar-refractivity contribution in [2.45, 2.75) is 45.8 Å². The number of carboxylic acid groups (broad SMARTS) is 1. The van der Waals surface area contributed by atoms with Crippen molar-refractivity contribution < 1.29 is 32.4 Å². The molecule has 0 aliphatic heterocycles. The summed E-state index contributed by atoms with van der Waals surface area (Å²) < 4.78 is 41.7. The zero-order valence-electron chi connectivity index (χ0n) is 15.5. The molecular weight excluding hydrogens is 379 g/mol. The van der Waals surface area contributed by atoms with Crippen LogP contribution in [0.25, 0.3) is 11.4 Å². The minimum Gasteiger partial charge on any atom is -0.480 e. The predicted octanol–water partition coefficient (Wildman–Crippen LogP) is 3.76. The highest BCUT2D eigenvalue weighted by atomic mass is 19.4. The zero-order valence-corrected chi connectivity index (χ0v) is 15.5. The predicted molar refractivity (Wildman–Crippen MR) is 92.3 cm³/mol. The van der Waals surface area contributed by atoms with Crippen molar-refractivity contribution in [1.82, 2.24) is 15.5 Å². The van der Waals surface area contributed by atoms with Crippen molar-refractivity contribution in [1.29, 1.82) is 0 Å². The second kappa shape index (κ2) is 7.99. The van der Waals surface area contributed by atoms with E-state index < -0.39 is 30.0 Å². The normalized spacial score (nSPS) is 13.2. The van der Waals surface area contributed by atoms with Gasteiger partial charge in [-0.1, -0.05) is 38.1 Å². The topological polar surface area (TPSA) is 105 Å². The minimum atomic E-state index is -4.75. The van der Waals surface area contributed by atoms with Crippen LogP contribution in [0.4, 0.5) is 13.2 Å². The Balaban J connectivity index is 2.08. The molecule has 0 aliphatic carbocycles. The van der Waals surface area contributed by atoms with E-state index in [1.165, 1.54) is 24.3 Å². The van der Waals surface area contributed by atoms with Crippen molar-refractivity contribution in [3.8, 4) is 11.4 Å². The number of benzene rings is 1. The Bertz CT molecular complexity index is 839. The fourth-order valence-electron chi connectivity index (χ4n) is 2.30. The number of nitrogens with zero attached hydrogens (tertiary/aromatic N) is 2. The van der Waals surface area contributed by atoms with E-state index in [1.54, 1.807) is 0 Å². The van der Waals surface area contributed by atoms with Gasteiger partial charge >= 0.3 is 18.0 Å². The molecule has 0 saturated carbocycles. The summed E-state index contributed by atoms with van der Waals surface area (Å²) in [6.07, 6.45) is -3.88. The maximum absolute atomic E-state index is 12.5. The Morgan fingerprint density at radius 1 is 1.18 bits per heavy atom. The molecule has 0 radical (unpaired) electrons. The van der Waals surface area contributed by atoms with Crippen LogP contribution in [0.2, 0.25) is 0 Å². The first-order chi connectivity index (χ1) is 12.9. The van der Waals surface area contributed by atoms with Crippen LogP contribution in [0, 0.1) is 5.41 Å². The van der Waals surface area contributed by atoms with Crippen molar-refractivity contribution in [3.05, 3.63) is 35.7 Å². The lowest BCUT2D eigenvalue weighted by Gasteiger charge is -2.21. The molecule has 28 heavy (non-hydrogen) atoms. The van der Waals surface area contributed by atoms with Gasteiger partial charge in [0.05, 0.1) is 0 Å². The van der Waals surface area contributed by atoms with Gasteiger partial charge in [0.2, 0.25) is 5.82 Å².